The lowest BCUT2D eigenvalue weighted by Crippen LogP contribution is -2.16. The lowest BCUT2D eigenvalue weighted by molar-refractivity contribution is 0.102. The molecule has 1 aromatic heterocycles. The second kappa shape index (κ2) is 6.67. The fraction of sp³-hybridized carbons (Fsp3) is 0.474. The minimum Gasteiger partial charge on any atom is -0.493 e. The van der Waals surface area contributed by atoms with E-state index in [0.717, 1.165) is 29.8 Å². The van der Waals surface area contributed by atoms with E-state index in [1.54, 1.807) is 10.7 Å². The van der Waals surface area contributed by atoms with Gasteiger partial charge in [-0.1, -0.05) is 0 Å². The normalized spacial score (nSPS) is 20.7. The van der Waals surface area contributed by atoms with Crippen molar-refractivity contribution in [1.82, 2.24) is 9.78 Å². The molecule has 27 heavy (non-hydrogen) atoms. The highest BCUT2D eigenvalue weighted by molar-refractivity contribution is 7.91. The monoisotopic (exact) mass is 389 g/mol. The standard InChI is InChI=1S/C19H23N3O4S/c1-12-18(13(2)22(21-12)16-7-9-27(24,25)11-16)20-19(23)15-5-6-17-14(10-15)4-3-8-26-17/h5-6,10,16H,3-4,7-9,11H2,1-2H3,(H,20,23). The molecule has 0 bridgehead atoms. The van der Waals surface area contributed by atoms with Crippen LogP contribution < -0.4 is 10.1 Å². The molecule has 3 heterocycles. The summed E-state index contributed by atoms with van der Waals surface area (Å²) in [6.07, 6.45) is 2.42. The molecule has 1 N–H and O–H groups in total. The van der Waals surface area contributed by atoms with Crippen molar-refractivity contribution in [3.8, 4) is 5.75 Å². The minimum atomic E-state index is -3.00. The Hall–Kier alpha value is -2.35. The molecule has 1 fully saturated rings. The molecular formula is C19H23N3O4S. The van der Waals surface area contributed by atoms with E-state index in [1.807, 2.05) is 26.0 Å². The molecule has 0 radical (unpaired) electrons. The first-order valence-electron chi connectivity index (χ1n) is 9.17. The third-order valence-corrected chi connectivity index (χ3v) is 7.04. The molecular weight excluding hydrogens is 366 g/mol. The van der Waals surface area contributed by atoms with Gasteiger partial charge in [0, 0.05) is 5.56 Å². The number of nitrogens with zero attached hydrogens (tertiary/aromatic N) is 2. The van der Waals surface area contributed by atoms with E-state index in [-0.39, 0.29) is 23.5 Å². The number of hydrogen-bond donors (Lipinski definition) is 1. The van der Waals surface area contributed by atoms with E-state index in [4.69, 9.17) is 4.74 Å². The topological polar surface area (TPSA) is 90.3 Å². The molecule has 0 aliphatic carbocycles. The van der Waals surface area contributed by atoms with E-state index < -0.39 is 9.84 Å². The average Bonchev–Trinajstić information content (AvgIpc) is 3.14. The number of aromatic nitrogens is 2. The molecule has 7 nitrogen and oxygen atoms in total. The maximum Gasteiger partial charge on any atom is 0.255 e. The molecule has 1 saturated heterocycles. The Bertz CT molecular complexity index is 1010. The molecule has 1 amide bonds. The summed E-state index contributed by atoms with van der Waals surface area (Å²) in [5.41, 5.74) is 3.75. The van der Waals surface area contributed by atoms with Crippen molar-refractivity contribution in [2.24, 2.45) is 0 Å². The van der Waals surface area contributed by atoms with Crippen LogP contribution in [0.2, 0.25) is 0 Å². The summed E-state index contributed by atoms with van der Waals surface area (Å²) < 4.78 is 30.9. The highest BCUT2D eigenvalue weighted by Crippen LogP contribution is 2.30. The fourth-order valence-corrected chi connectivity index (χ4v) is 5.55. The van der Waals surface area contributed by atoms with Crippen LogP contribution >= 0.6 is 0 Å². The number of rotatable bonds is 3. The number of hydrogen-bond acceptors (Lipinski definition) is 5. The van der Waals surface area contributed by atoms with Gasteiger partial charge in [0.15, 0.2) is 9.84 Å². The summed E-state index contributed by atoms with van der Waals surface area (Å²) in [5.74, 6) is 0.941. The smallest absolute Gasteiger partial charge is 0.255 e. The number of anilines is 1. The molecule has 1 atom stereocenters. The number of fused-ring (bicyclic) bond motifs is 1. The Morgan fingerprint density at radius 3 is 2.89 bits per heavy atom. The molecule has 144 valence electrons. The Morgan fingerprint density at radius 1 is 1.33 bits per heavy atom. The van der Waals surface area contributed by atoms with Crippen molar-refractivity contribution in [3.05, 3.63) is 40.7 Å². The molecule has 2 aliphatic heterocycles. The van der Waals surface area contributed by atoms with Gasteiger partial charge in [-0.25, -0.2) is 8.42 Å². The number of aryl methyl sites for hydroxylation is 2. The lowest BCUT2D eigenvalue weighted by Gasteiger charge is -2.17. The summed E-state index contributed by atoms with van der Waals surface area (Å²) in [7, 11) is -3.00. The largest absolute Gasteiger partial charge is 0.493 e. The third-order valence-electron chi connectivity index (χ3n) is 5.29. The van der Waals surface area contributed by atoms with Crippen LogP contribution in [-0.2, 0) is 16.3 Å². The van der Waals surface area contributed by atoms with E-state index in [0.29, 0.717) is 30.0 Å². The van der Waals surface area contributed by atoms with Crippen LogP contribution in [0.1, 0.15) is 46.2 Å². The SMILES string of the molecule is Cc1nn(C2CCS(=O)(=O)C2)c(C)c1NC(=O)c1ccc2c(c1)CCCO2. The Balaban J connectivity index is 1.57. The van der Waals surface area contributed by atoms with Crippen molar-refractivity contribution in [2.75, 3.05) is 23.4 Å². The van der Waals surface area contributed by atoms with E-state index in [2.05, 4.69) is 10.4 Å². The zero-order chi connectivity index (χ0) is 19.2. The maximum atomic E-state index is 12.8. The number of sulfone groups is 1. The predicted octanol–water partition coefficient (Wildman–Crippen LogP) is 2.44. The Kier molecular flexibility index (Phi) is 4.46. The molecule has 1 aromatic carbocycles. The molecule has 2 aromatic rings. The molecule has 4 rings (SSSR count). The van der Waals surface area contributed by atoms with Gasteiger partial charge in [-0.3, -0.25) is 9.48 Å². The Labute approximate surface area is 158 Å². The predicted molar refractivity (Wildman–Crippen MR) is 102 cm³/mol. The number of carbonyl (C=O) groups excluding carboxylic acids is 1. The van der Waals surface area contributed by atoms with E-state index in [1.165, 1.54) is 0 Å². The molecule has 8 heteroatoms. The summed E-state index contributed by atoms with van der Waals surface area (Å²) >= 11 is 0. The van der Waals surface area contributed by atoms with Crippen LogP contribution in [0.3, 0.4) is 0 Å². The van der Waals surface area contributed by atoms with E-state index in [9.17, 15) is 13.2 Å². The van der Waals surface area contributed by atoms with Gasteiger partial charge in [0.1, 0.15) is 5.75 Å². The van der Waals surface area contributed by atoms with Gasteiger partial charge in [-0.2, -0.15) is 5.10 Å². The zero-order valence-electron chi connectivity index (χ0n) is 15.5. The van der Waals surface area contributed by atoms with Crippen LogP contribution in [0.15, 0.2) is 18.2 Å². The summed E-state index contributed by atoms with van der Waals surface area (Å²) in [4.78, 5) is 12.8. The maximum absolute atomic E-state index is 12.8. The van der Waals surface area contributed by atoms with Gasteiger partial charge in [-0.15, -0.1) is 0 Å². The van der Waals surface area contributed by atoms with Crippen molar-refractivity contribution >= 4 is 21.4 Å². The van der Waals surface area contributed by atoms with Crippen LogP contribution in [0.25, 0.3) is 0 Å². The number of benzene rings is 1. The van der Waals surface area contributed by atoms with Crippen LogP contribution in [0, 0.1) is 13.8 Å². The number of carbonyl (C=O) groups is 1. The fourth-order valence-electron chi connectivity index (χ4n) is 3.85. The van der Waals surface area contributed by atoms with Gasteiger partial charge in [0.05, 0.1) is 41.2 Å². The average molecular weight is 389 g/mol. The summed E-state index contributed by atoms with van der Waals surface area (Å²) in [6.45, 7) is 4.40. The van der Waals surface area contributed by atoms with Gasteiger partial charge >= 0.3 is 0 Å². The van der Waals surface area contributed by atoms with Gasteiger partial charge in [0.25, 0.3) is 5.91 Å². The number of nitrogens with one attached hydrogen (secondary N) is 1. The van der Waals surface area contributed by atoms with Crippen molar-refractivity contribution < 1.29 is 17.9 Å². The highest BCUT2D eigenvalue weighted by Gasteiger charge is 2.31. The molecule has 2 aliphatic rings. The van der Waals surface area contributed by atoms with Gasteiger partial charge in [0.2, 0.25) is 0 Å². The second-order valence-electron chi connectivity index (χ2n) is 7.28. The van der Waals surface area contributed by atoms with E-state index >= 15 is 0 Å². The third kappa shape index (κ3) is 3.45. The van der Waals surface area contributed by atoms with Gasteiger partial charge < -0.3 is 10.1 Å². The van der Waals surface area contributed by atoms with Crippen molar-refractivity contribution in [1.29, 1.82) is 0 Å². The van der Waals surface area contributed by atoms with Crippen LogP contribution in [-0.4, -0.2) is 42.2 Å². The molecule has 0 spiro atoms. The quantitative estimate of drug-likeness (QED) is 0.871. The minimum absolute atomic E-state index is 0.104. The zero-order valence-corrected chi connectivity index (χ0v) is 16.3. The first-order valence-corrected chi connectivity index (χ1v) is 11.0. The first kappa shape index (κ1) is 18.0. The first-order chi connectivity index (χ1) is 12.8. The lowest BCUT2D eigenvalue weighted by atomic mass is 10.0. The number of ether oxygens (including phenoxy) is 1. The molecule has 0 saturated carbocycles. The summed E-state index contributed by atoms with van der Waals surface area (Å²) in [5, 5.41) is 7.45. The second-order valence-corrected chi connectivity index (χ2v) is 9.50. The van der Waals surface area contributed by atoms with Crippen molar-refractivity contribution in [2.45, 2.75) is 39.2 Å². The Morgan fingerprint density at radius 2 is 2.15 bits per heavy atom. The number of amides is 1. The van der Waals surface area contributed by atoms with Crippen molar-refractivity contribution in [3.63, 3.8) is 0 Å². The highest BCUT2D eigenvalue weighted by atomic mass is 32.2. The van der Waals surface area contributed by atoms with Gasteiger partial charge in [-0.05, 0) is 56.9 Å². The van der Waals surface area contributed by atoms with Crippen LogP contribution in [0.4, 0.5) is 5.69 Å². The van der Waals surface area contributed by atoms with Crippen LogP contribution in [0.5, 0.6) is 5.75 Å². The summed E-state index contributed by atoms with van der Waals surface area (Å²) in [6, 6.07) is 5.32. The molecule has 1 unspecified atom stereocenters.